The minimum absolute atomic E-state index is 0.137. The van der Waals surface area contributed by atoms with Gasteiger partial charge in [-0.2, -0.15) is 0 Å². The van der Waals surface area contributed by atoms with E-state index >= 15 is 0 Å². The molecular weight excluding hydrogens is 350 g/mol. The maximum Gasteiger partial charge on any atom is 0.309 e. The number of benzene rings is 1. The zero-order valence-electron chi connectivity index (χ0n) is 16.4. The number of carboxylic acid groups (broad SMARTS) is 1. The topological polar surface area (TPSA) is 63.3 Å². The number of allylic oxidation sites excluding steroid dienone is 1. The molecule has 0 spiro atoms. The van der Waals surface area contributed by atoms with Crippen LogP contribution in [0.3, 0.4) is 0 Å². The fourth-order valence-electron chi connectivity index (χ4n) is 5.19. The van der Waals surface area contributed by atoms with Crippen LogP contribution in [0.4, 0.5) is 0 Å². The molecule has 0 atom stereocenters. The van der Waals surface area contributed by atoms with E-state index < -0.39 is 11.4 Å². The fraction of sp³-hybridized carbons (Fsp3) is 0.500. The van der Waals surface area contributed by atoms with Crippen LogP contribution in [0.25, 0.3) is 17.3 Å². The highest BCUT2D eigenvalue weighted by molar-refractivity contribution is 5.76. The smallest absolute Gasteiger partial charge is 0.309 e. The monoisotopic (exact) mass is 377 g/mol. The van der Waals surface area contributed by atoms with Crippen LogP contribution in [0.5, 0.6) is 0 Å². The number of nitrogens with zero attached hydrogens (tertiary/aromatic N) is 1. The lowest BCUT2D eigenvalue weighted by Crippen LogP contribution is -2.45. The van der Waals surface area contributed by atoms with Gasteiger partial charge >= 0.3 is 5.97 Å². The molecule has 0 amide bonds. The maximum atomic E-state index is 11.7. The molecular formula is C24H27NO3. The third-order valence-corrected chi connectivity index (χ3v) is 7.47. The summed E-state index contributed by atoms with van der Waals surface area (Å²) < 4.78 is 5.81. The van der Waals surface area contributed by atoms with E-state index in [1.165, 1.54) is 18.4 Å². The molecule has 2 bridgehead atoms. The Morgan fingerprint density at radius 3 is 2.43 bits per heavy atom. The number of aromatic nitrogens is 1. The predicted octanol–water partition coefficient (Wildman–Crippen LogP) is 5.97. The molecule has 1 N–H and O–H groups in total. The summed E-state index contributed by atoms with van der Waals surface area (Å²) in [5.41, 5.74) is 4.09. The standard InChI is InChI=1S/C24H27NO3/c1-16-4-2-3-5-18(16)20-19(21(28-25-20)17-6-7-17)8-9-23-10-13-24(14-11-23,15-12-23)22(26)27/h2-5,8-9,17H,6-7,10-15H2,1H3,(H,26,27). The Kier molecular flexibility index (Phi) is 4.01. The molecule has 146 valence electrons. The number of hydrogen-bond donors (Lipinski definition) is 1. The van der Waals surface area contributed by atoms with Gasteiger partial charge in [0.05, 0.1) is 5.41 Å². The fourth-order valence-corrected chi connectivity index (χ4v) is 5.19. The number of carbonyl (C=O) groups is 1. The van der Waals surface area contributed by atoms with E-state index in [2.05, 4.69) is 36.4 Å². The molecule has 1 aromatic heterocycles. The van der Waals surface area contributed by atoms with Gasteiger partial charge in [0.1, 0.15) is 11.5 Å². The molecule has 4 fully saturated rings. The van der Waals surface area contributed by atoms with Gasteiger partial charge in [-0.25, -0.2) is 0 Å². The Morgan fingerprint density at radius 2 is 1.82 bits per heavy atom. The number of aliphatic carboxylic acids is 1. The van der Waals surface area contributed by atoms with Gasteiger partial charge in [0.25, 0.3) is 0 Å². The summed E-state index contributed by atoms with van der Waals surface area (Å²) in [7, 11) is 0. The summed E-state index contributed by atoms with van der Waals surface area (Å²) in [5.74, 6) is 0.930. The molecule has 4 nitrogen and oxygen atoms in total. The van der Waals surface area contributed by atoms with Crippen LogP contribution in [-0.2, 0) is 4.79 Å². The van der Waals surface area contributed by atoms with Gasteiger partial charge in [-0.3, -0.25) is 4.79 Å². The van der Waals surface area contributed by atoms with E-state index in [-0.39, 0.29) is 5.41 Å². The first-order valence-corrected chi connectivity index (χ1v) is 10.5. The SMILES string of the molecule is Cc1ccccc1-c1noc(C2CC2)c1C=CC12CCC(C(=O)O)(CC1)CC2. The summed E-state index contributed by atoms with van der Waals surface area (Å²) in [6.45, 7) is 2.11. The van der Waals surface area contributed by atoms with Crippen molar-refractivity contribution in [2.75, 3.05) is 0 Å². The van der Waals surface area contributed by atoms with Gasteiger partial charge in [-0.15, -0.1) is 0 Å². The highest BCUT2D eigenvalue weighted by atomic mass is 16.5. The highest BCUT2D eigenvalue weighted by Gasteiger charge is 2.51. The first-order valence-electron chi connectivity index (χ1n) is 10.5. The van der Waals surface area contributed by atoms with Gasteiger partial charge in [0, 0.05) is 17.0 Å². The number of rotatable bonds is 5. The van der Waals surface area contributed by atoms with Crippen molar-refractivity contribution >= 4 is 12.0 Å². The molecule has 1 aromatic carbocycles. The lowest BCUT2D eigenvalue weighted by atomic mass is 9.53. The van der Waals surface area contributed by atoms with Crippen molar-refractivity contribution in [1.29, 1.82) is 0 Å². The van der Waals surface area contributed by atoms with Crippen LogP contribution in [0.2, 0.25) is 0 Å². The third-order valence-electron chi connectivity index (χ3n) is 7.47. The van der Waals surface area contributed by atoms with Crippen LogP contribution in [0.1, 0.15) is 74.2 Å². The molecule has 4 heteroatoms. The zero-order chi connectivity index (χ0) is 19.4. The lowest BCUT2D eigenvalue weighted by Gasteiger charge is -2.50. The minimum atomic E-state index is -0.596. The molecule has 28 heavy (non-hydrogen) atoms. The summed E-state index contributed by atoms with van der Waals surface area (Å²) in [6.07, 6.45) is 12.3. The summed E-state index contributed by atoms with van der Waals surface area (Å²) in [4.78, 5) is 11.7. The zero-order valence-corrected chi connectivity index (χ0v) is 16.4. The van der Waals surface area contributed by atoms with Crippen molar-refractivity contribution in [3.05, 3.63) is 47.2 Å². The Bertz CT molecular complexity index is 926. The average Bonchev–Trinajstić information content (AvgIpc) is 3.48. The largest absolute Gasteiger partial charge is 0.481 e. The Labute approximate surface area is 165 Å². The van der Waals surface area contributed by atoms with E-state index in [0.717, 1.165) is 61.1 Å². The highest BCUT2D eigenvalue weighted by Crippen LogP contribution is 2.58. The van der Waals surface area contributed by atoms with Crippen molar-refractivity contribution in [1.82, 2.24) is 5.16 Å². The van der Waals surface area contributed by atoms with E-state index in [1.807, 2.05) is 12.1 Å². The summed E-state index contributed by atoms with van der Waals surface area (Å²) in [5, 5.41) is 14.1. The molecule has 0 saturated heterocycles. The van der Waals surface area contributed by atoms with Crippen LogP contribution in [-0.4, -0.2) is 16.2 Å². The molecule has 4 aliphatic carbocycles. The number of hydrogen-bond acceptors (Lipinski definition) is 3. The van der Waals surface area contributed by atoms with E-state index in [9.17, 15) is 9.90 Å². The van der Waals surface area contributed by atoms with E-state index in [1.54, 1.807) is 0 Å². The number of fused-ring (bicyclic) bond motifs is 3. The average molecular weight is 377 g/mol. The van der Waals surface area contributed by atoms with Crippen molar-refractivity contribution in [2.24, 2.45) is 10.8 Å². The second kappa shape index (κ2) is 6.33. The molecule has 4 saturated carbocycles. The molecule has 0 aliphatic heterocycles. The molecule has 0 unspecified atom stereocenters. The Hall–Kier alpha value is -2.36. The van der Waals surface area contributed by atoms with Gasteiger partial charge in [-0.05, 0) is 69.3 Å². The first kappa shape index (κ1) is 17.7. The third kappa shape index (κ3) is 2.81. The second-order valence-electron chi connectivity index (χ2n) is 9.18. The lowest BCUT2D eigenvalue weighted by molar-refractivity contribution is -0.157. The predicted molar refractivity (Wildman–Crippen MR) is 108 cm³/mol. The molecule has 6 rings (SSSR count). The van der Waals surface area contributed by atoms with Crippen molar-refractivity contribution in [2.45, 2.75) is 64.2 Å². The van der Waals surface area contributed by atoms with Gasteiger partial charge in [-0.1, -0.05) is 41.6 Å². The van der Waals surface area contributed by atoms with Crippen LogP contribution in [0, 0.1) is 17.8 Å². The molecule has 4 aliphatic rings. The van der Waals surface area contributed by atoms with E-state index in [0.29, 0.717) is 5.92 Å². The minimum Gasteiger partial charge on any atom is -0.481 e. The van der Waals surface area contributed by atoms with Gasteiger partial charge in [0.15, 0.2) is 0 Å². The van der Waals surface area contributed by atoms with Crippen molar-refractivity contribution in [3.63, 3.8) is 0 Å². The molecule has 1 heterocycles. The van der Waals surface area contributed by atoms with Gasteiger partial charge < -0.3 is 9.63 Å². The first-order chi connectivity index (χ1) is 13.5. The molecule has 2 aromatic rings. The molecule has 0 radical (unpaired) electrons. The number of aryl methyl sites for hydroxylation is 1. The Balaban J connectivity index is 1.48. The normalized spacial score (nSPS) is 29.5. The van der Waals surface area contributed by atoms with Crippen LogP contribution >= 0.6 is 0 Å². The van der Waals surface area contributed by atoms with E-state index in [4.69, 9.17) is 4.52 Å². The second-order valence-corrected chi connectivity index (χ2v) is 9.18. The van der Waals surface area contributed by atoms with Crippen LogP contribution < -0.4 is 0 Å². The summed E-state index contributed by atoms with van der Waals surface area (Å²) >= 11 is 0. The van der Waals surface area contributed by atoms with Crippen molar-refractivity contribution < 1.29 is 14.4 Å². The maximum absolute atomic E-state index is 11.7. The summed E-state index contributed by atoms with van der Waals surface area (Å²) in [6, 6.07) is 8.32. The quantitative estimate of drug-likeness (QED) is 0.697. The Morgan fingerprint density at radius 1 is 1.14 bits per heavy atom. The van der Waals surface area contributed by atoms with Crippen molar-refractivity contribution in [3.8, 4) is 11.3 Å². The number of carboxylic acids is 1. The van der Waals surface area contributed by atoms with Crippen LogP contribution in [0.15, 0.2) is 34.9 Å². The van der Waals surface area contributed by atoms with Gasteiger partial charge in [0.2, 0.25) is 0 Å².